The number of benzene rings is 1. The van der Waals surface area contributed by atoms with Gasteiger partial charge in [-0.15, -0.1) is 0 Å². The van der Waals surface area contributed by atoms with Gasteiger partial charge in [0.1, 0.15) is 0 Å². The highest BCUT2D eigenvalue weighted by Crippen LogP contribution is 2.02. The number of aromatic nitrogens is 1. The van der Waals surface area contributed by atoms with E-state index in [2.05, 4.69) is 22.4 Å². The first-order valence-corrected chi connectivity index (χ1v) is 6.49. The predicted molar refractivity (Wildman–Crippen MR) is 76.2 cm³/mol. The summed E-state index contributed by atoms with van der Waals surface area (Å²) in [5.41, 5.74) is 1.93. The number of ketones is 1. The topological polar surface area (TPSA) is 42.0 Å². The van der Waals surface area contributed by atoms with E-state index in [4.69, 9.17) is 0 Å². The number of carbonyl (C=O) groups is 1. The number of carbonyl (C=O) groups excluding carboxylic acids is 1. The second-order valence-corrected chi connectivity index (χ2v) is 4.52. The standard InChI is InChI=1S/C16H18N2O/c1-13(16(19)15-8-5-10-17-12-15)18-11-9-14-6-3-2-4-7-14/h2-8,10,12-13,18H,9,11H2,1H3. The Kier molecular flexibility index (Phi) is 4.81. The van der Waals surface area contributed by atoms with Crippen LogP contribution in [-0.4, -0.2) is 23.4 Å². The molecule has 3 nitrogen and oxygen atoms in total. The monoisotopic (exact) mass is 254 g/mol. The normalized spacial score (nSPS) is 12.1. The van der Waals surface area contributed by atoms with Gasteiger partial charge >= 0.3 is 0 Å². The highest BCUT2D eigenvalue weighted by Gasteiger charge is 2.13. The first-order chi connectivity index (χ1) is 9.27. The smallest absolute Gasteiger partial charge is 0.180 e. The molecule has 1 heterocycles. The van der Waals surface area contributed by atoms with Crippen molar-refractivity contribution in [2.24, 2.45) is 0 Å². The Labute approximate surface area is 113 Å². The molecule has 0 amide bonds. The molecular formula is C16H18N2O. The molecule has 0 aliphatic rings. The van der Waals surface area contributed by atoms with Gasteiger partial charge in [-0.05, 0) is 37.6 Å². The first kappa shape index (κ1) is 13.4. The van der Waals surface area contributed by atoms with Gasteiger partial charge in [-0.2, -0.15) is 0 Å². The Morgan fingerprint density at radius 3 is 2.68 bits per heavy atom. The molecule has 0 saturated carbocycles. The molecule has 0 bridgehead atoms. The van der Waals surface area contributed by atoms with E-state index in [0.717, 1.165) is 13.0 Å². The zero-order valence-electron chi connectivity index (χ0n) is 11.0. The van der Waals surface area contributed by atoms with E-state index < -0.39 is 0 Å². The van der Waals surface area contributed by atoms with Crippen molar-refractivity contribution >= 4 is 5.78 Å². The summed E-state index contributed by atoms with van der Waals surface area (Å²) in [6.45, 7) is 2.68. The summed E-state index contributed by atoms with van der Waals surface area (Å²) >= 11 is 0. The first-order valence-electron chi connectivity index (χ1n) is 6.49. The zero-order valence-corrected chi connectivity index (χ0v) is 11.0. The molecule has 0 radical (unpaired) electrons. The molecule has 0 spiro atoms. The number of pyridine rings is 1. The van der Waals surface area contributed by atoms with Crippen LogP contribution in [0.25, 0.3) is 0 Å². The molecule has 19 heavy (non-hydrogen) atoms. The summed E-state index contributed by atoms with van der Waals surface area (Å²) in [5, 5.41) is 3.25. The maximum atomic E-state index is 12.1. The van der Waals surface area contributed by atoms with E-state index >= 15 is 0 Å². The van der Waals surface area contributed by atoms with E-state index in [1.54, 1.807) is 24.5 Å². The zero-order chi connectivity index (χ0) is 13.5. The van der Waals surface area contributed by atoms with Gasteiger partial charge in [0.05, 0.1) is 6.04 Å². The largest absolute Gasteiger partial charge is 0.307 e. The molecule has 1 N–H and O–H groups in total. The third-order valence-electron chi connectivity index (χ3n) is 3.05. The maximum absolute atomic E-state index is 12.1. The van der Waals surface area contributed by atoms with E-state index in [1.165, 1.54) is 5.56 Å². The number of rotatable bonds is 6. The molecule has 0 saturated heterocycles. The van der Waals surface area contributed by atoms with Crippen molar-refractivity contribution in [2.75, 3.05) is 6.54 Å². The average molecular weight is 254 g/mol. The van der Waals surface area contributed by atoms with Crippen molar-refractivity contribution < 1.29 is 4.79 Å². The highest BCUT2D eigenvalue weighted by atomic mass is 16.1. The van der Waals surface area contributed by atoms with Crippen molar-refractivity contribution in [3.8, 4) is 0 Å². The Balaban J connectivity index is 1.82. The molecule has 98 valence electrons. The van der Waals surface area contributed by atoms with Crippen LogP contribution in [0.3, 0.4) is 0 Å². The van der Waals surface area contributed by atoms with Crippen LogP contribution in [0.4, 0.5) is 0 Å². The molecule has 0 fully saturated rings. The summed E-state index contributed by atoms with van der Waals surface area (Å²) in [4.78, 5) is 16.1. The van der Waals surface area contributed by atoms with Gasteiger partial charge in [0.15, 0.2) is 5.78 Å². The molecule has 3 heteroatoms. The SMILES string of the molecule is CC(NCCc1ccccc1)C(=O)c1cccnc1. The number of Topliss-reactive ketones (excluding diaryl/α,β-unsaturated/α-hetero) is 1. The Bertz CT molecular complexity index is 511. The van der Waals surface area contributed by atoms with E-state index in [1.807, 2.05) is 25.1 Å². The van der Waals surface area contributed by atoms with E-state index in [-0.39, 0.29) is 11.8 Å². The summed E-state index contributed by atoms with van der Waals surface area (Å²) in [7, 11) is 0. The second kappa shape index (κ2) is 6.81. The average Bonchev–Trinajstić information content (AvgIpc) is 2.48. The third-order valence-corrected chi connectivity index (χ3v) is 3.05. The molecule has 1 aromatic carbocycles. The van der Waals surface area contributed by atoms with Gasteiger partial charge in [0.2, 0.25) is 0 Å². The van der Waals surface area contributed by atoms with E-state index in [9.17, 15) is 4.79 Å². The van der Waals surface area contributed by atoms with Crippen LogP contribution in [0, 0.1) is 0 Å². The fraction of sp³-hybridized carbons (Fsp3) is 0.250. The second-order valence-electron chi connectivity index (χ2n) is 4.52. The fourth-order valence-corrected chi connectivity index (χ4v) is 1.93. The van der Waals surface area contributed by atoms with Crippen LogP contribution in [-0.2, 0) is 6.42 Å². The minimum absolute atomic E-state index is 0.0844. The third kappa shape index (κ3) is 4.00. The summed E-state index contributed by atoms with van der Waals surface area (Å²) in [6.07, 6.45) is 4.20. The number of nitrogens with one attached hydrogen (secondary N) is 1. The van der Waals surface area contributed by atoms with Crippen molar-refractivity contribution in [1.82, 2.24) is 10.3 Å². The lowest BCUT2D eigenvalue weighted by molar-refractivity contribution is 0.0951. The Hall–Kier alpha value is -2.00. The summed E-state index contributed by atoms with van der Waals surface area (Å²) in [6, 6.07) is 13.6. The lowest BCUT2D eigenvalue weighted by atomic mass is 10.1. The maximum Gasteiger partial charge on any atom is 0.180 e. The molecule has 1 atom stereocenters. The van der Waals surface area contributed by atoms with Crippen LogP contribution in [0.2, 0.25) is 0 Å². The lowest BCUT2D eigenvalue weighted by Gasteiger charge is -2.12. The Morgan fingerprint density at radius 2 is 2.00 bits per heavy atom. The lowest BCUT2D eigenvalue weighted by Crippen LogP contribution is -2.35. The molecule has 2 aromatic rings. The van der Waals surface area contributed by atoms with Gasteiger partial charge in [-0.3, -0.25) is 9.78 Å². The van der Waals surface area contributed by atoms with Crippen molar-refractivity contribution in [3.63, 3.8) is 0 Å². The summed E-state index contributed by atoms with van der Waals surface area (Å²) in [5.74, 6) is 0.0844. The quantitative estimate of drug-likeness (QED) is 0.805. The van der Waals surface area contributed by atoms with Crippen molar-refractivity contribution in [3.05, 3.63) is 66.0 Å². The minimum atomic E-state index is -0.187. The van der Waals surface area contributed by atoms with Crippen LogP contribution in [0.5, 0.6) is 0 Å². The molecule has 2 rings (SSSR count). The van der Waals surface area contributed by atoms with Gasteiger partial charge in [-0.25, -0.2) is 0 Å². The van der Waals surface area contributed by atoms with Gasteiger partial charge in [0.25, 0.3) is 0 Å². The molecule has 1 unspecified atom stereocenters. The highest BCUT2D eigenvalue weighted by molar-refractivity contribution is 5.99. The fourth-order valence-electron chi connectivity index (χ4n) is 1.93. The molecule has 1 aromatic heterocycles. The van der Waals surface area contributed by atoms with Crippen molar-refractivity contribution in [1.29, 1.82) is 0 Å². The Morgan fingerprint density at radius 1 is 1.21 bits per heavy atom. The van der Waals surface area contributed by atoms with Crippen LogP contribution in [0.15, 0.2) is 54.9 Å². The molecule has 0 aliphatic heterocycles. The molecular weight excluding hydrogens is 236 g/mol. The van der Waals surface area contributed by atoms with Crippen molar-refractivity contribution in [2.45, 2.75) is 19.4 Å². The predicted octanol–water partition coefficient (Wildman–Crippen LogP) is 2.49. The summed E-state index contributed by atoms with van der Waals surface area (Å²) < 4.78 is 0. The van der Waals surface area contributed by atoms with Crippen LogP contribution in [0.1, 0.15) is 22.8 Å². The van der Waals surface area contributed by atoms with Gasteiger partial charge in [0, 0.05) is 18.0 Å². The van der Waals surface area contributed by atoms with Gasteiger partial charge in [-0.1, -0.05) is 30.3 Å². The number of hydrogen-bond donors (Lipinski definition) is 1. The van der Waals surface area contributed by atoms with Crippen LogP contribution >= 0.6 is 0 Å². The van der Waals surface area contributed by atoms with E-state index in [0.29, 0.717) is 5.56 Å². The van der Waals surface area contributed by atoms with Crippen LogP contribution < -0.4 is 5.32 Å². The minimum Gasteiger partial charge on any atom is -0.307 e. The number of hydrogen-bond acceptors (Lipinski definition) is 3. The molecule has 0 aliphatic carbocycles. The number of nitrogens with zero attached hydrogens (tertiary/aromatic N) is 1. The van der Waals surface area contributed by atoms with Gasteiger partial charge < -0.3 is 5.32 Å².